The summed E-state index contributed by atoms with van der Waals surface area (Å²) in [4.78, 5) is 50.9. The maximum Gasteiger partial charge on any atom is 0.319 e. The van der Waals surface area contributed by atoms with Crippen molar-refractivity contribution >= 4 is 34.9 Å². The van der Waals surface area contributed by atoms with Gasteiger partial charge in [0.1, 0.15) is 0 Å². The highest BCUT2D eigenvalue weighted by Crippen LogP contribution is 2.27. The van der Waals surface area contributed by atoms with E-state index >= 15 is 0 Å². The molecular weight excluding hydrogens is 430 g/mol. The lowest BCUT2D eigenvalue weighted by atomic mass is 10.1. The van der Waals surface area contributed by atoms with Crippen LogP contribution in [0.2, 0.25) is 0 Å². The molecular formula is C22H23N5O6. The smallest absolute Gasteiger partial charge is 0.319 e. The third-order valence-corrected chi connectivity index (χ3v) is 5.51. The molecule has 0 aliphatic carbocycles. The second kappa shape index (κ2) is 9.65. The number of non-ortho nitro benzene ring substituents is 1. The Morgan fingerprint density at radius 2 is 1.79 bits per heavy atom. The van der Waals surface area contributed by atoms with Gasteiger partial charge in [0, 0.05) is 38.3 Å². The van der Waals surface area contributed by atoms with Crippen molar-refractivity contribution in [2.75, 3.05) is 49.6 Å². The van der Waals surface area contributed by atoms with Gasteiger partial charge < -0.3 is 20.3 Å². The molecule has 2 N–H and O–H groups in total. The van der Waals surface area contributed by atoms with Gasteiger partial charge in [-0.3, -0.25) is 24.6 Å². The molecule has 2 aliphatic heterocycles. The number of urea groups is 1. The van der Waals surface area contributed by atoms with E-state index in [2.05, 4.69) is 15.5 Å². The SMILES string of the molecule is O=C(NCCCN1C(=O)c2ccc([N+](=O)[O-])cc2C1=O)Nc1ccccc1N1CCOCC1. The second-order valence-corrected chi connectivity index (χ2v) is 7.60. The largest absolute Gasteiger partial charge is 0.378 e. The summed E-state index contributed by atoms with van der Waals surface area (Å²) in [7, 11) is 0. The number of amides is 4. The number of imide groups is 1. The number of fused-ring (bicyclic) bond motifs is 1. The van der Waals surface area contributed by atoms with E-state index in [1.165, 1.54) is 12.1 Å². The first-order chi connectivity index (χ1) is 16.0. The van der Waals surface area contributed by atoms with Crippen molar-refractivity contribution < 1.29 is 24.0 Å². The number of carbonyl (C=O) groups excluding carboxylic acids is 3. The fraction of sp³-hybridized carbons (Fsp3) is 0.318. The summed E-state index contributed by atoms with van der Waals surface area (Å²) in [6.07, 6.45) is 0.339. The van der Waals surface area contributed by atoms with Crippen molar-refractivity contribution in [1.82, 2.24) is 10.2 Å². The minimum absolute atomic E-state index is 0.0274. The molecule has 0 bridgehead atoms. The molecule has 11 nitrogen and oxygen atoms in total. The Labute approximate surface area is 189 Å². The van der Waals surface area contributed by atoms with Crippen LogP contribution >= 0.6 is 0 Å². The number of carbonyl (C=O) groups is 3. The van der Waals surface area contributed by atoms with Gasteiger partial charge in [-0.15, -0.1) is 0 Å². The Morgan fingerprint density at radius 3 is 2.55 bits per heavy atom. The van der Waals surface area contributed by atoms with Crippen molar-refractivity contribution in [1.29, 1.82) is 0 Å². The average Bonchev–Trinajstić information content (AvgIpc) is 3.07. The topological polar surface area (TPSA) is 134 Å². The number of nitrogens with zero attached hydrogens (tertiary/aromatic N) is 3. The Kier molecular flexibility index (Phi) is 6.50. The summed E-state index contributed by atoms with van der Waals surface area (Å²) in [6.45, 7) is 3.06. The van der Waals surface area contributed by atoms with E-state index in [0.29, 0.717) is 25.3 Å². The predicted molar refractivity (Wildman–Crippen MR) is 120 cm³/mol. The first kappa shape index (κ1) is 22.2. The third kappa shape index (κ3) is 4.77. The van der Waals surface area contributed by atoms with Gasteiger partial charge in [-0.2, -0.15) is 0 Å². The molecule has 2 heterocycles. The fourth-order valence-corrected chi connectivity index (χ4v) is 3.86. The quantitative estimate of drug-likeness (QED) is 0.284. The number of nitrogens with one attached hydrogen (secondary N) is 2. The van der Waals surface area contributed by atoms with Gasteiger partial charge in [0.05, 0.1) is 40.6 Å². The van der Waals surface area contributed by atoms with Crippen LogP contribution in [0.25, 0.3) is 0 Å². The molecule has 2 aromatic carbocycles. The number of hydrogen-bond acceptors (Lipinski definition) is 7. The molecule has 4 amide bonds. The van der Waals surface area contributed by atoms with Crippen LogP contribution in [-0.2, 0) is 4.74 Å². The van der Waals surface area contributed by atoms with Gasteiger partial charge in [-0.05, 0) is 24.6 Å². The number of nitro benzene ring substituents is 1. The lowest BCUT2D eigenvalue weighted by Gasteiger charge is -2.30. The van der Waals surface area contributed by atoms with Crippen LogP contribution in [0.4, 0.5) is 21.9 Å². The highest BCUT2D eigenvalue weighted by Gasteiger charge is 2.36. The number of benzene rings is 2. The average molecular weight is 453 g/mol. The molecule has 11 heteroatoms. The number of hydrogen-bond donors (Lipinski definition) is 2. The van der Waals surface area contributed by atoms with Crippen molar-refractivity contribution in [2.45, 2.75) is 6.42 Å². The van der Waals surface area contributed by atoms with E-state index in [0.717, 1.165) is 29.7 Å². The maximum atomic E-state index is 12.5. The molecule has 0 radical (unpaired) electrons. The third-order valence-electron chi connectivity index (χ3n) is 5.51. The van der Waals surface area contributed by atoms with E-state index in [4.69, 9.17) is 4.74 Å². The first-order valence-corrected chi connectivity index (χ1v) is 10.6. The summed E-state index contributed by atoms with van der Waals surface area (Å²) < 4.78 is 5.38. The Morgan fingerprint density at radius 1 is 1.06 bits per heavy atom. The van der Waals surface area contributed by atoms with E-state index < -0.39 is 22.8 Å². The molecule has 172 valence electrons. The van der Waals surface area contributed by atoms with Gasteiger partial charge in [-0.25, -0.2) is 4.79 Å². The molecule has 1 saturated heterocycles. The van der Waals surface area contributed by atoms with E-state index in [1.54, 1.807) is 0 Å². The molecule has 0 saturated carbocycles. The van der Waals surface area contributed by atoms with Crippen LogP contribution in [-0.4, -0.2) is 67.1 Å². The minimum atomic E-state index is -0.611. The summed E-state index contributed by atoms with van der Waals surface area (Å²) in [5.41, 5.74) is 1.53. The number of para-hydroxylation sites is 2. The van der Waals surface area contributed by atoms with Crippen molar-refractivity contribution in [3.8, 4) is 0 Å². The normalized spacial score (nSPS) is 15.4. The van der Waals surface area contributed by atoms with Gasteiger partial charge in [0.15, 0.2) is 0 Å². The van der Waals surface area contributed by atoms with Gasteiger partial charge in [0.2, 0.25) is 0 Å². The second-order valence-electron chi connectivity index (χ2n) is 7.60. The lowest BCUT2D eigenvalue weighted by molar-refractivity contribution is -0.384. The molecule has 0 unspecified atom stereocenters. The van der Waals surface area contributed by atoms with Crippen LogP contribution < -0.4 is 15.5 Å². The zero-order valence-corrected chi connectivity index (χ0v) is 17.8. The molecule has 1 fully saturated rings. The molecule has 2 aliphatic rings. The van der Waals surface area contributed by atoms with E-state index in [9.17, 15) is 24.5 Å². The number of morpholine rings is 1. The first-order valence-electron chi connectivity index (χ1n) is 10.6. The van der Waals surface area contributed by atoms with Gasteiger partial charge >= 0.3 is 6.03 Å². The number of anilines is 2. The van der Waals surface area contributed by atoms with Crippen molar-refractivity contribution in [2.24, 2.45) is 0 Å². The lowest BCUT2D eigenvalue weighted by Crippen LogP contribution is -2.37. The summed E-state index contributed by atoms with van der Waals surface area (Å²) in [6, 6.07) is 10.7. The van der Waals surface area contributed by atoms with Crippen molar-refractivity contribution in [3.05, 3.63) is 63.7 Å². The van der Waals surface area contributed by atoms with Gasteiger partial charge in [-0.1, -0.05) is 12.1 Å². The Balaban J connectivity index is 1.28. The van der Waals surface area contributed by atoms with E-state index in [1.807, 2.05) is 24.3 Å². The molecule has 0 spiro atoms. The standard InChI is InChI=1S/C22H23N5O6/c28-20-16-7-6-15(27(31)32)14-17(16)21(29)26(20)9-3-8-23-22(30)24-18-4-1-2-5-19(18)25-10-12-33-13-11-25/h1-2,4-7,14H,3,8-13H2,(H2,23,24,30). The Hall–Kier alpha value is -3.99. The monoisotopic (exact) mass is 453 g/mol. The zero-order chi connectivity index (χ0) is 23.4. The molecule has 0 atom stereocenters. The van der Waals surface area contributed by atoms with E-state index in [-0.39, 0.29) is 29.9 Å². The minimum Gasteiger partial charge on any atom is -0.378 e. The summed E-state index contributed by atoms with van der Waals surface area (Å²) in [5, 5.41) is 16.5. The molecule has 33 heavy (non-hydrogen) atoms. The van der Waals surface area contributed by atoms with Crippen LogP contribution in [0.15, 0.2) is 42.5 Å². The van der Waals surface area contributed by atoms with Gasteiger partial charge in [0.25, 0.3) is 17.5 Å². The number of rotatable bonds is 7. The van der Waals surface area contributed by atoms with Crippen LogP contribution in [0.5, 0.6) is 0 Å². The summed E-state index contributed by atoms with van der Waals surface area (Å²) >= 11 is 0. The van der Waals surface area contributed by atoms with Crippen LogP contribution in [0, 0.1) is 10.1 Å². The van der Waals surface area contributed by atoms with Crippen LogP contribution in [0.3, 0.4) is 0 Å². The molecule has 0 aromatic heterocycles. The number of ether oxygens (including phenoxy) is 1. The van der Waals surface area contributed by atoms with Crippen LogP contribution in [0.1, 0.15) is 27.1 Å². The predicted octanol–water partition coefficient (Wildman–Crippen LogP) is 2.24. The zero-order valence-electron chi connectivity index (χ0n) is 17.8. The Bertz CT molecular complexity index is 1100. The highest BCUT2D eigenvalue weighted by atomic mass is 16.6. The molecule has 4 rings (SSSR count). The fourth-order valence-electron chi connectivity index (χ4n) is 3.86. The number of nitro groups is 1. The summed E-state index contributed by atoms with van der Waals surface area (Å²) in [5.74, 6) is -1.06. The maximum absolute atomic E-state index is 12.5. The van der Waals surface area contributed by atoms with Crippen molar-refractivity contribution in [3.63, 3.8) is 0 Å². The molecule has 2 aromatic rings. The highest BCUT2D eigenvalue weighted by molar-refractivity contribution is 6.21.